The summed E-state index contributed by atoms with van der Waals surface area (Å²) in [6, 6.07) is 10.2. The summed E-state index contributed by atoms with van der Waals surface area (Å²) in [5.41, 5.74) is 0.373. The first kappa shape index (κ1) is 13.8. The highest BCUT2D eigenvalue weighted by atomic mass is 19.1. The van der Waals surface area contributed by atoms with E-state index in [2.05, 4.69) is 5.32 Å². The van der Waals surface area contributed by atoms with Crippen LogP contribution in [0.3, 0.4) is 0 Å². The van der Waals surface area contributed by atoms with Crippen molar-refractivity contribution in [3.63, 3.8) is 0 Å². The summed E-state index contributed by atoms with van der Waals surface area (Å²) in [5.74, 6) is -2.93. The van der Waals surface area contributed by atoms with Gasteiger partial charge in [0.15, 0.2) is 11.6 Å². The Kier molecular flexibility index (Phi) is 4.14. The Morgan fingerprint density at radius 1 is 1.20 bits per heavy atom. The van der Waals surface area contributed by atoms with Crippen LogP contribution in [0.2, 0.25) is 0 Å². The minimum atomic E-state index is -1.16. The lowest BCUT2D eigenvalue weighted by Gasteiger charge is -2.09. The molecule has 2 rings (SSSR count). The van der Waals surface area contributed by atoms with Gasteiger partial charge in [-0.2, -0.15) is 0 Å². The molecule has 2 N–H and O–H groups in total. The van der Waals surface area contributed by atoms with E-state index >= 15 is 0 Å². The smallest absolute Gasteiger partial charge is 0.412 e. The van der Waals surface area contributed by atoms with Gasteiger partial charge in [0.25, 0.3) is 0 Å². The molecule has 4 nitrogen and oxygen atoms in total. The predicted octanol–water partition coefficient (Wildman–Crippen LogP) is 3.42. The van der Waals surface area contributed by atoms with Gasteiger partial charge in [-0.25, -0.2) is 13.6 Å². The molecule has 0 unspecified atom stereocenters. The maximum atomic E-state index is 13.1. The fourth-order valence-electron chi connectivity index (χ4n) is 1.53. The molecule has 0 heterocycles. The van der Waals surface area contributed by atoms with Crippen LogP contribution in [0.5, 0.6) is 5.75 Å². The minimum Gasteiger partial charge on any atom is -0.503 e. The average molecular weight is 279 g/mol. The van der Waals surface area contributed by atoms with Crippen molar-refractivity contribution in [2.45, 2.75) is 6.61 Å². The van der Waals surface area contributed by atoms with Crippen LogP contribution in [0.15, 0.2) is 42.5 Å². The number of halogens is 2. The van der Waals surface area contributed by atoms with Gasteiger partial charge in [0.2, 0.25) is 0 Å². The van der Waals surface area contributed by atoms with E-state index in [1.165, 1.54) is 0 Å². The fraction of sp³-hybridized carbons (Fsp3) is 0.0714. The molecular formula is C14H11F2NO3. The van der Waals surface area contributed by atoms with Crippen LogP contribution in [0, 0.1) is 11.6 Å². The molecule has 104 valence electrons. The van der Waals surface area contributed by atoms with Crippen molar-refractivity contribution >= 4 is 11.8 Å². The van der Waals surface area contributed by atoms with Crippen molar-refractivity contribution in [3.05, 3.63) is 59.7 Å². The van der Waals surface area contributed by atoms with E-state index in [9.17, 15) is 18.7 Å². The average Bonchev–Trinajstić information content (AvgIpc) is 2.43. The predicted molar refractivity (Wildman–Crippen MR) is 68.3 cm³/mol. The molecular weight excluding hydrogens is 268 g/mol. The number of anilines is 1. The summed E-state index contributed by atoms with van der Waals surface area (Å²) in [4.78, 5) is 11.5. The molecule has 2 aromatic rings. The van der Waals surface area contributed by atoms with Crippen molar-refractivity contribution < 1.29 is 23.4 Å². The molecule has 0 bridgehead atoms. The summed E-state index contributed by atoms with van der Waals surface area (Å²) in [6.07, 6.45) is -0.922. The molecule has 0 aromatic heterocycles. The number of phenols is 1. The third-order valence-electron chi connectivity index (χ3n) is 2.48. The van der Waals surface area contributed by atoms with Crippen LogP contribution >= 0.6 is 0 Å². The van der Waals surface area contributed by atoms with E-state index in [0.717, 1.165) is 11.6 Å². The van der Waals surface area contributed by atoms with E-state index in [-0.39, 0.29) is 12.3 Å². The normalized spacial score (nSPS) is 10.1. The number of amides is 1. The van der Waals surface area contributed by atoms with Crippen molar-refractivity contribution in [2.24, 2.45) is 0 Å². The van der Waals surface area contributed by atoms with Crippen molar-refractivity contribution in [1.82, 2.24) is 0 Å². The molecule has 0 aliphatic rings. The molecule has 0 fully saturated rings. The third kappa shape index (κ3) is 3.44. The second-order valence-corrected chi connectivity index (χ2v) is 3.97. The second kappa shape index (κ2) is 6.01. The number of hydrogen-bond acceptors (Lipinski definition) is 3. The van der Waals surface area contributed by atoms with Crippen molar-refractivity contribution in [3.8, 4) is 5.75 Å². The number of ether oxygens (including phenoxy) is 1. The Balaban J connectivity index is 1.98. The van der Waals surface area contributed by atoms with Crippen LogP contribution in [-0.4, -0.2) is 11.2 Å². The van der Waals surface area contributed by atoms with E-state index in [1.807, 2.05) is 6.07 Å². The molecule has 20 heavy (non-hydrogen) atoms. The first-order valence-electron chi connectivity index (χ1n) is 5.72. The van der Waals surface area contributed by atoms with E-state index in [0.29, 0.717) is 6.07 Å². The Morgan fingerprint density at radius 3 is 2.60 bits per heavy atom. The Hall–Kier alpha value is -2.63. The maximum absolute atomic E-state index is 13.1. The standard InChI is InChI=1S/C14H11F2NO3/c15-10-6-11(16)13(18)12(7-10)17-14(19)20-8-9-4-2-1-3-5-9/h1-7,18H,8H2,(H,17,19). The minimum absolute atomic E-state index is 0.00519. The van der Waals surface area contributed by atoms with E-state index in [1.54, 1.807) is 24.3 Å². The van der Waals surface area contributed by atoms with Crippen LogP contribution < -0.4 is 5.32 Å². The number of hydrogen-bond donors (Lipinski definition) is 2. The Labute approximate surface area is 113 Å². The van der Waals surface area contributed by atoms with Crippen LogP contribution in [0.1, 0.15) is 5.56 Å². The zero-order valence-electron chi connectivity index (χ0n) is 10.3. The highest BCUT2D eigenvalue weighted by molar-refractivity contribution is 5.86. The van der Waals surface area contributed by atoms with Crippen molar-refractivity contribution in [2.75, 3.05) is 5.32 Å². The van der Waals surface area contributed by atoms with Gasteiger partial charge < -0.3 is 9.84 Å². The number of phenolic OH excluding ortho intramolecular Hbond substituents is 1. The highest BCUT2D eigenvalue weighted by Crippen LogP contribution is 2.27. The summed E-state index contributed by atoms with van der Waals surface area (Å²) < 4.78 is 30.9. The maximum Gasteiger partial charge on any atom is 0.412 e. The quantitative estimate of drug-likeness (QED) is 0.846. The number of rotatable bonds is 3. The molecule has 0 saturated heterocycles. The second-order valence-electron chi connectivity index (χ2n) is 3.97. The third-order valence-corrected chi connectivity index (χ3v) is 2.48. The number of carbonyl (C=O) groups excluding carboxylic acids is 1. The highest BCUT2D eigenvalue weighted by Gasteiger charge is 2.13. The number of aromatic hydroxyl groups is 1. The summed E-state index contributed by atoms with van der Waals surface area (Å²) in [5, 5.41) is 11.4. The molecule has 0 saturated carbocycles. The summed E-state index contributed by atoms with van der Waals surface area (Å²) in [7, 11) is 0. The molecule has 2 aromatic carbocycles. The number of nitrogens with one attached hydrogen (secondary N) is 1. The zero-order valence-corrected chi connectivity index (χ0v) is 10.3. The number of benzene rings is 2. The van der Waals surface area contributed by atoms with Gasteiger partial charge in [-0.1, -0.05) is 30.3 Å². The van der Waals surface area contributed by atoms with Crippen LogP contribution in [0.25, 0.3) is 0 Å². The van der Waals surface area contributed by atoms with Gasteiger partial charge in [-0.05, 0) is 5.56 Å². The molecule has 0 aliphatic carbocycles. The Bertz CT molecular complexity index is 617. The lowest BCUT2D eigenvalue weighted by Crippen LogP contribution is -2.14. The molecule has 6 heteroatoms. The zero-order chi connectivity index (χ0) is 14.5. The topological polar surface area (TPSA) is 58.6 Å². The van der Waals surface area contributed by atoms with Crippen LogP contribution in [0.4, 0.5) is 19.3 Å². The van der Waals surface area contributed by atoms with Gasteiger partial charge in [0, 0.05) is 12.1 Å². The van der Waals surface area contributed by atoms with Gasteiger partial charge in [-0.3, -0.25) is 5.32 Å². The van der Waals surface area contributed by atoms with Crippen molar-refractivity contribution in [1.29, 1.82) is 0 Å². The summed E-state index contributed by atoms with van der Waals surface area (Å²) in [6.45, 7) is 0.00519. The van der Waals surface area contributed by atoms with Gasteiger partial charge in [0.05, 0.1) is 5.69 Å². The Morgan fingerprint density at radius 2 is 1.90 bits per heavy atom. The molecule has 1 amide bonds. The lowest BCUT2D eigenvalue weighted by molar-refractivity contribution is 0.155. The van der Waals surface area contributed by atoms with Crippen LogP contribution in [-0.2, 0) is 11.3 Å². The number of carbonyl (C=O) groups is 1. The molecule has 0 aliphatic heterocycles. The molecule has 0 atom stereocenters. The largest absolute Gasteiger partial charge is 0.503 e. The first-order chi connectivity index (χ1) is 9.56. The molecule has 0 spiro atoms. The molecule has 0 radical (unpaired) electrons. The van der Waals surface area contributed by atoms with E-state index in [4.69, 9.17) is 4.74 Å². The lowest BCUT2D eigenvalue weighted by atomic mass is 10.2. The van der Waals surface area contributed by atoms with Gasteiger partial charge >= 0.3 is 6.09 Å². The SMILES string of the molecule is O=C(Nc1cc(F)cc(F)c1O)OCc1ccccc1. The summed E-state index contributed by atoms with van der Waals surface area (Å²) >= 11 is 0. The van der Waals surface area contributed by atoms with E-state index < -0.39 is 23.5 Å². The fourth-order valence-corrected chi connectivity index (χ4v) is 1.53. The first-order valence-corrected chi connectivity index (χ1v) is 5.72. The monoisotopic (exact) mass is 279 g/mol. The van der Waals surface area contributed by atoms with Gasteiger partial charge in [0.1, 0.15) is 12.4 Å². The van der Waals surface area contributed by atoms with Gasteiger partial charge in [-0.15, -0.1) is 0 Å².